The number of ether oxygens (including phenoxy) is 1. The molecule has 2 aromatic carbocycles. The first-order valence-electron chi connectivity index (χ1n) is 7.77. The Kier molecular flexibility index (Phi) is 3.88. The first-order chi connectivity index (χ1) is 10.7. The molecule has 3 aromatic rings. The maximum Gasteiger partial charge on any atom is 0.218 e. The summed E-state index contributed by atoms with van der Waals surface area (Å²) in [6, 6.07) is 12.8. The molecule has 22 heavy (non-hydrogen) atoms. The molecule has 0 aliphatic rings. The lowest BCUT2D eigenvalue weighted by Crippen LogP contribution is -2.07. The molecule has 3 nitrogen and oxygen atoms in total. The summed E-state index contributed by atoms with van der Waals surface area (Å²) in [5.74, 6) is 2.21. The minimum absolute atomic E-state index is 0.379. The number of fused-ring (bicyclic) bond motifs is 1. The Hall–Kier alpha value is -2.29. The third-order valence-electron chi connectivity index (χ3n) is 4.38. The van der Waals surface area contributed by atoms with Crippen molar-refractivity contribution in [2.24, 2.45) is 0 Å². The maximum atomic E-state index is 5.55. The van der Waals surface area contributed by atoms with Crippen molar-refractivity contribution in [3.63, 3.8) is 0 Å². The van der Waals surface area contributed by atoms with Crippen LogP contribution in [0.25, 0.3) is 16.5 Å². The van der Waals surface area contributed by atoms with Crippen molar-refractivity contribution in [3.8, 4) is 11.6 Å². The molecule has 0 N–H and O–H groups in total. The number of hydrogen-bond donors (Lipinski definition) is 0. The number of methoxy groups -OCH3 is 1. The van der Waals surface area contributed by atoms with Crippen molar-refractivity contribution in [1.29, 1.82) is 0 Å². The normalized spacial score (nSPS) is 12.5. The fourth-order valence-electron chi connectivity index (χ4n) is 2.89. The third kappa shape index (κ3) is 2.27. The predicted molar refractivity (Wildman–Crippen MR) is 91.1 cm³/mol. The summed E-state index contributed by atoms with van der Waals surface area (Å²) >= 11 is 0. The van der Waals surface area contributed by atoms with Gasteiger partial charge in [-0.3, -0.25) is 4.57 Å². The molecule has 0 bridgehead atoms. The van der Waals surface area contributed by atoms with Crippen molar-refractivity contribution < 1.29 is 4.74 Å². The lowest BCUT2D eigenvalue weighted by molar-refractivity contribution is 0.387. The van der Waals surface area contributed by atoms with Crippen LogP contribution in [0.3, 0.4) is 0 Å². The van der Waals surface area contributed by atoms with Crippen molar-refractivity contribution >= 4 is 10.8 Å². The van der Waals surface area contributed by atoms with Crippen LogP contribution in [0.1, 0.15) is 37.6 Å². The second-order valence-electron chi connectivity index (χ2n) is 5.75. The van der Waals surface area contributed by atoms with Gasteiger partial charge in [-0.1, -0.05) is 44.2 Å². The van der Waals surface area contributed by atoms with Crippen molar-refractivity contribution in [3.05, 3.63) is 54.0 Å². The summed E-state index contributed by atoms with van der Waals surface area (Å²) in [6.45, 7) is 6.53. The van der Waals surface area contributed by atoms with Gasteiger partial charge >= 0.3 is 0 Å². The molecule has 0 radical (unpaired) electrons. The summed E-state index contributed by atoms with van der Waals surface area (Å²) in [7, 11) is 1.70. The summed E-state index contributed by atoms with van der Waals surface area (Å²) < 4.78 is 7.70. The van der Waals surface area contributed by atoms with Gasteiger partial charge in [-0.05, 0) is 30.4 Å². The van der Waals surface area contributed by atoms with Crippen molar-refractivity contribution in [2.45, 2.75) is 33.1 Å². The van der Waals surface area contributed by atoms with Gasteiger partial charge in [0.15, 0.2) is 0 Å². The Morgan fingerprint density at radius 3 is 2.55 bits per heavy atom. The number of nitrogens with zero attached hydrogens (tertiary/aromatic N) is 2. The number of rotatable bonds is 4. The predicted octanol–water partition coefficient (Wildman–Crippen LogP) is 4.86. The average Bonchev–Trinajstić information content (AvgIpc) is 2.98. The standard InChI is InChI=1S/C19H22N2O/c1-5-13(2)19-20-12-18(22-4)21(19)17-11-10-14(3)15-8-6-7-9-16(15)17/h6-13H,5H2,1-4H3. The van der Waals surface area contributed by atoms with E-state index in [2.05, 4.69) is 66.7 Å². The molecule has 1 atom stereocenters. The third-order valence-corrected chi connectivity index (χ3v) is 4.38. The van der Waals surface area contributed by atoms with Gasteiger partial charge in [0.1, 0.15) is 5.82 Å². The Labute approximate surface area is 131 Å². The van der Waals surface area contributed by atoms with Crippen molar-refractivity contribution in [2.75, 3.05) is 7.11 Å². The van der Waals surface area contributed by atoms with E-state index in [1.54, 1.807) is 7.11 Å². The van der Waals surface area contributed by atoms with E-state index in [0.717, 1.165) is 23.8 Å². The van der Waals surface area contributed by atoms with Gasteiger partial charge in [0.05, 0.1) is 19.0 Å². The van der Waals surface area contributed by atoms with Crippen LogP contribution in [0.2, 0.25) is 0 Å². The van der Waals surface area contributed by atoms with Crippen molar-refractivity contribution in [1.82, 2.24) is 9.55 Å². The lowest BCUT2D eigenvalue weighted by Gasteiger charge is -2.17. The summed E-state index contributed by atoms with van der Waals surface area (Å²) in [4.78, 5) is 4.60. The highest BCUT2D eigenvalue weighted by molar-refractivity contribution is 5.92. The molecule has 3 heteroatoms. The van der Waals surface area contributed by atoms with Gasteiger partial charge in [0.2, 0.25) is 5.88 Å². The van der Waals surface area contributed by atoms with Crippen LogP contribution >= 0.6 is 0 Å². The highest BCUT2D eigenvalue weighted by Crippen LogP contribution is 2.32. The molecule has 1 aromatic heterocycles. The highest BCUT2D eigenvalue weighted by atomic mass is 16.5. The molecule has 0 aliphatic carbocycles. The summed E-state index contributed by atoms with van der Waals surface area (Å²) in [6.07, 6.45) is 2.86. The number of aromatic nitrogens is 2. The van der Waals surface area contributed by atoms with Gasteiger partial charge < -0.3 is 4.74 Å². The second-order valence-corrected chi connectivity index (χ2v) is 5.75. The molecule has 0 spiro atoms. The Morgan fingerprint density at radius 2 is 1.86 bits per heavy atom. The second kappa shape index (κ2) is 5.84. The van der Waals surface area contributed by atoms with Crippen LogP contribution < -0.4 is 4.74 Å². The van der Waals surface area contributed by atoms with E-state index in [9.17, 15) is 0 Å². The van der Waals surface area contributed by atoms with Crippen LogP contribution in [0.15, 0.2) is 42.6 Å². The largest absolute Gasteiger partial charge is 0.481 e. The Balaban J connectivity index is 2.32. The van der Waals surface area contributed by atoms with Crippen LogP contribution in [-0.2, 0) is 0 Å². The monoisotopic (exact) mass is 294 g/mol. The van der Waals surface area contributed by atoms with Gasteiger partial charge in [0.25, 0.3) is 0 Å². The smallest absolute Gasteiger partial charge is 0.218 e. The minimum Gasteiger partial charge on any atom is -0.481 e. The topological polar surface area (TPSA) is 27.1 Å². The van der Waals surface area contributed by atoms with Gasteiger partial charge in [-0.2, -0.15) is 0 Å². The molecule has 1 heterocycles. The molecule has 0 saturated heterocycles. The van der Waals surface area contributed by atoms with E-state index in [-0.39, 0.29) is 0 Å². The number of imidazole rings is 1. The average molecular weight is 294 g/mol. The van der Waals surface area contributed by atoms with Crippen LogP contribution in [0.5, 0.6) is 5.88 Å². The molecule has 0 fully saturated rings. The number of benzene rings is 2. The molecular weight excluding hydrogens is 272 g/mol. The van der Waals surface area contributed by atoms with E-state index in [0.29, 0.717) is 5.92 Å². The minimum atomic E-state index is 0.379. The molecular formula is C19H22N2O. The Morgan fingerprint density at radius 1 is 1.14 bits per heavy atom. The zero-order chi connectivity index (χ0) is 15.7. The quantitative estimate of drug-likeness (QED) is 0.687. The fourth-order valence-corrected chi connectivity index (χ4v) is 2.89. The van der Waals surface area contributed by atoms with E-state index in [4.69, 9.17) is 4.74 Å². The molecule has 3 rings (SSSR count). The van der Waals surface area contributed by atoms with Gasteiger partial charge in [-0.15, -0.1) is 0 Å². The van der Waals surface area contributed by atoms with Gasteiger partial charge in [-0.25, -0.2) is 4.98 Å². The Bertz CT molecular complexity index is 804. The van der Waals surface area contributed by atoms with Crippen LogP contribution in [0.4, 0.5) is 0 Å². The summed E-state index contributed by atoms with van der Waals surface area (Å²) in [5.41, 5.74) is 2.41. The van der Waals surface area contributed by atoms with E-state index < -0.39 is 0 Å². The fraction of sp³-hybridized carbons (Fsp3) is 0.316. The van der Waals surface area contributed by atoms with Gasteiger partial charge in [0, 0.05) is 11.3 Å². The number of hydrogen-bond acceptors (Lipinski definition) is 2. The molecule has 114 valence electrons. The van der Waals surface area contributed by atoms with E-state index in [1.165, 1.54) is 16.3 Å². The SMILES string of the molecule is CCC(C)c1ncc(OC)n1-c1ccc(C)c2ccccc12. The van der Waals surface area contributed by atoms with E-state index >= 15 is 0 Å². The zero-order valence-corrected chi connectivity index (χ0v) is 13.6. The zero-order valence-electron chi connectivity index (χ0n) is 13.6. The molecule has 0 saturated carbocycles. The van der Waals surface area contributed by atoms with Crippen LogP contribution in [0, 0.1) is 6.92 Å². The maximum absolute atomic E-state index is 5.55. The van der Waals surface area contributed by atoms with Crippen LogP contribution in [-0.4, -0.2) is 16.7 Å². The lowest BCUT2D eigenvalue weighted by atomic mass is 10.0. The van der Waals surface area contributed by atoms with E-state index in [1.807, 2.05) is 6.20 Å². The molecule has 1 unspecified atom stereocenters. The highest BCUT2D eigenvalue weighted by Gasteiger charge is 2.18. The molecule has 0 aliphatic heterocycles. The number of aryl methyl sites for hydroxylation is 1. The first-order valence-corrected chi connectivity index (χ1v) is 7.77. The summed E-state index contributed by atoms with van der Waals surface area (Å²) in [5, 5.41) is 2.49. The molecule has 0 amide bonds. The first kappa shape index (κ1) is 14.6.